The molecule has 1 amide bonds. The maximum atomic E-state index is 13.3. The first-order valence-electron chi connectivity index (χ1n) is 12.2. The normalized spacial score (nSPS) is 19.9. The summed E-state index contributed by atoms with van der Waals surface area (Å²) < 4.78 is 65.5. The topological polar surface area (TPSA) is 122 Å². The minimum atomic E-state index is -3.83. The fraction of sp³-hybridized carbons (Fsp3) is 0.480. The highest BCUT2D eigenvalue weighted by atomic mass is 32.2. The van der Waals surface area contributed by atoms with Crippen molar-refractivity contribution < 1.29 is 31.1 Å². The largest absolute Gasteiger partial charge is 0.495 e. The maximum absolute atomic E-state index is 13.3. The van der Waals surface area contributed by atoms with Gasteiger partial charge in [-0.1, -0.05) is 18.2 Å². The maximum Gasteiger partial charge on any atom is 0.246 e. The highest BCUT2D eigenvalue weighted by Crippen LogP contribution is 2.30. The van der Waals surface area contributed by atoms with Crippen molar-refractivity contribution in [2.45, 2.75) is 36.1 Å². The van der Waals surface area contributed by atoms with Crippen LogP contribution in [-0.2, 0) is 36.1 Å². The van der Waals surface area contributed by atoms with Gasteiger partial charge in [0.15, 0.2) is 0 Å². The zero-order valence-corrected chi connectivity index (χ0v) is 22.7. The second-order valence-corrected chi connectivity index (χ2v) is 13.1. The highest BCUT2D eigenvalue weighted by Gasteiger charge is 2.35. The summed E-state index contributed by atoms with van der Waals surface area (Å²) in [4.78, 5) is 13.2. The molecule has 2 aliphatic heterocycles. The van der Waals surface area contributed by atoms with Crippen LogP contribution in [0.5, 0.6) is 5.75 Å². The average Bonchev–Trinajstić information content (AvgIpc) is 2.92. The number of sulfonamides is 2. The second kappa shape index (κ2) is 11.5. The number of nitrogens with one attached hydrogen (secondary N) is 1. The molecule has 12 heteroatoms. The van der Waals surface area contributed by atoms with Crippen LogP contribution in [0.4, 0.5) is 0 Å². The van der Waals surface area contributed by atoms with Gasteiger partial charge in [-0.05, 0) is 55.2 Å². The van der Waals surface area contributed by atoms with E-state index in [4.69, 9.17) is 9.47 Å². The Morgan fingerprint density at radius 1 is 1.00 bits per heavy atom. The summed E-state index contributed by atoms with van der Waals surface area (Å²) in [6.07, 6.45) is 1.15. The van der Waals surface area contributed by atoms with Gasteiger partial charge in [-0.15, -0.1) is 0 Å². The number of amides is 1. The molecule has 1 N–H and O–H groups in total. The number of benzene rings is 2. The van der Waals surface area contributed by atoms with Gasteiger partial charge < -0.3 is 14.8 Å². The van der Waals surface area contributed by atoms with Crippen LogP contribution in [0.3, 0.4) is 0 Å². The summed E-state index contributed by atoms with van der Waals surface area (Å²) in [7, 11) is -5.98. The highest BCUT2D eigenvalue weighted by molar-refractivity contribution is 7.89. The lowest BCUT2D eigenvalue weighted by atomic mass is 9.99. The van der Waals surface area contributed by atoms with E-state index in [1.807, 2.05) is 6.92 Å². The molecule has 0 aliphatic carbocycles. The van der Waals surface area contributed by atoms with Crippen molar-refractivity contribution in [3.8, 4) is 5.75 Å². The molecule has 0 radical (unpaired) electrons. The molecule has 10 nitrogen and oxygen atoms in total. The summed E-state index contributed by atoms with van der Waals surface area (Å²) in [6.45, 7) is 3.85. The van der Waals surface area contributed by atoms with Crippen molar-refractivity contribution in [1.29, 1.82) is 0 Å². The van der Waals surface area contributed by atoms with E-state index in [0.29, 0.717) is 45.7 Å². The molecule has 2 aliphatic rings. The number of ether oxygens (including phenoxy) is 2. The molecule has 2 fully saturated rings. The minimum Gasteiger partial charge on any atom is -0.495 e. The third-order valence-electron chi connectivity index (χ3n) is 6.69. The van der Waals surface area contributed by atoms with Gasteiger partial charge >= 0.3 is 0 Å². The fourth-order valence-electron chi connectivity index (χ4n) is 4.55. The Morgan fingerprint density at radius 2 is 1.70 bits per heavy atom. The number of aryl methyl sites for hydroxylation is 1. The van der Waals surface area contributed by atoms with Crippen LogP contribution < -0.4 is 10.1 Å². The molecule has 1 atom stereocenters. The molecule has 37 heavy (non-hydrogen) atoms. The van der Waals surface area contributed by atoms with Gasteiger partial charge in [0.2, 0.25) is 26.0 Å². The monoisotopic (exact) mass is 551 g/mol. The van der Waals surface area contributed by atoms with E-state index in [-0.39, 0.29) is 34.5 Å². The molecule has 0 saturated carbocycles. The summed E-state index contributed by atoms with van der Waals surface area (Å²) in [5, 5.41) is 2.87. The quantitative estimate of drug-likeness (QED) is 0.530. The number of methoxy groups -OCH3 is 1. The smallest absolute Gasteiger partial charge is 0.246 e. The predicted octanol–water partition coefficient (Wildman–Crippen LogP) is 1.74. The summed E-state index contributed by atoms with van der Waals surface area (Å²) in [6, 6.07) is 11.4. The Hall–Kier alpha value is -2.51. The standard InChI is InChI=1S/C25H33N3O7S2/c1-19-5-10-23(34-2)24(16-19)37(32,33)28-11-3-4-21(18-28)25(29)26-17-20-6-8-22(9-7-20)36(30,31)27-12-14-35-15-13-27/h5-10,16,21H,3-4,11-15,17-18H2,1-2H3,(H,26,29)/t21-/m1/s1. The number of carbonyl (C=O) groups excluding carboxylic acids is 1. The molecule has 0 spiro atoms. The Morgan fingerprint density at radius 3 is 2.38 bits per heavy atom. The Labute approximate surface area is 218 Å². The molecule has 2 aromatic carbocycles. The van der Waals surface area contributed by atoms with Gasteiger partial charge in [0.1, 0.15) is 10.6 Å². The van der Waals surface area contributed by atoms with Crippen LogP contribution in [0.2, 0.25) is 0 Å². The summed E-state index contributed by atoms with van der Waals surface area (Å²) in [5.74, 6) is -0.447. The molecule has 0 aromatic heterocycles. The van der Waals surface area contributed by atoms with Crippen LogP contribution in [0.15, 0.2) is 52.3 Å². The minimum absolute atomic E-state index is 0.0853. The molecule has 0 unspecified atom stereocenters. The number of morpholine rings is 1. The van der Waals surface area contributed by atoms with Crippen molar-refractivity contribution in [3.63, 3.8) is 0 Å². The zero-order valence-electron chi connectivity index (χ0n) is 21.1. The molecule has 0 bridgehead atoms. The fourth-order valence-corrected chi connectivity index (χ4v) is 7.72. The van der Waals surface area contributed by atoms with Crippen LogP contribution >= 0.6 is 0 Å². The van der Waals surface area contributed by atoms with Crippen molar-refractivity contribution in [2.24, 2.45) is 5.92 Å². The predicted molar refractivity (Wildman–Crippen MR) is 137 cm³/mol. The molecular formula is C25H33N3O7S2. The number of piperidine rings is 1. The molecule has 4 rings (SSSR count). The van der Waals surface area contributed by atoms with Crippen LogP contribution in [0.1, 0.15) is 24.0 Å². The lowest BCUT2D eigenvalue weighted by Gasteiger charge is -2.31. The number of rotatable bonds is 8. The summed E-state index contributed by atoms with van der Waals surface area (Å²) in [5.41, 5.74) is 1.55. The number of carbonyl (C=O) groups is 1. The van der Waals surface area contributed by atoms with Gasteiger partial charge in [-0.2, -0.15) is 8.61 Å². The van der Waals surface area contributed by atoms with Crippen molar-refractivity contribution in [1.82, 2.24) is 13.9 Å². The van der Waals surface area contributed by atoms with Crippen LogP contribution in [0, 0.1) is 12.8 Å². The third-order valence-corrected chi connectivity index (χ3v) is 10.5. The van der Waals surface area contributed by atoms with Gasteiger partial charge in [0.25, 0.3) is 0 Å². The first-order chi connectivity index (χ1) is 17.6. The lowest BCUT2D eigenvalue weighted by Crippen LogP contribution is -2.45. The summed E-state index contributed by atoms with van der Waals surface area (Å²) >= 11 is 0. The molecule has 2 heterocycles. The van der Waals surface area contributed by atoms with Crippen molar-refractivity contribution in [3.05, 3.63) is 53.6 Å². The Balaban J connectivity index is 1.38. The average molecular weight is 552 g/mol. The first kappa shape index (κ1) is 27.5. The van der Waals surface area contributed by atoms with Gasteiger partial charge in [0, 0.05) is 32.7 Å². The van der Waals surface area contributed by atoms with E-state index >= 15 is 0 Å². The molecular weight excluding hydrogens is 518 g/mol. The molecule has 2 aromatic rings. The van der Waals surface area contributed by atoms with Gasteiger partial charge in [-0.3, -0.25) is 4.79 Å². The van der Waals surface area contributed by atoms with Gasteiger partial charge in [-0.25, -0.2) is 16.8 Å². The zero-order chi connectivity index (χ0) is 26.6. The van der Waals surface area contributed by atoms with E-state index in [0.717, 1.165) is 11.1 Å². The third kappa shape index (κ3) is 6.15. The molecule has 2 saturated heterocycles. The SMILES string of the molecule is COc1ccc(C)cc1S(=O)(=O)N1CCC[C@@H](C(=O)NCc2ccc(S(=O)(=O)N3CCOCC3)cc2)C1. The van der Waals surface area contributed by atoms with E-state index in [2.05, 4.69) is 5.32 Å². The Bertz CT molecular complexity index is 1320. The number of nitrogens with zero attached hydrogens (tertiary/aromatic N) is 2. The molecule has 202 valence electrons. The van der Waals surface area contributed by atoms with E-state index in [9.17, 15) is 21.6 Å². The van der Waals surface area contributed by atoms with E-state index < -0.39 is 26.0 Å². The number of hydrogen-bond donors (Lipinski definition) is 1. The van der Waals surface area contributed by atoms with E-state index in [1.54, 1.807) is 30.3 Å². The van der Waals surface area contributed by atoms with Crippen LogP contribution in [0.25, 0.3) is 0 Å². The Kier molecular flexibility index (Phi) is 8.54. The number of hydrogen-bond acceptors (Lipinski definition) is 7. The lowest BCUT2D eigenvalue weighted by molar-refractivity contribution is -0.126. The van der Waals surface area contributed by atoms with Crippen LogP contribution in [-0.4, -0.2) is 77.9 Å². The van der Waals surface area contributed by atoms with Gasteiger partial charge in [0.05, 0.1) is 31.1 Å². The second-order valence-electron chi connectivity index (χ2n) is 9.23. The first-order valence-corrected chi connectivity index (χ1v) is 15.1. The van der Waals surface area contributed by atoms with E-state index in [1.165, 1.54) is 27.9 Å². The van der Waals surface area contributed by atoms with Crippen molar-refractivity contribution >= 4 is 26.0 Å². The van der Waals surface area contributed by atoms with Crippen molar-refractivity contribution in [2.75, 3.05) is 46.5 Å².